The third-order valence-corrected chi connectivity index (χ3v) is 0. The summed E-state index contributed by atoms with van der Waals surface area (Å²) in [5.74, 6) is 0. The van der Waals surface area contributed by atoms with E-state index in [4.69, 9.17) is 0 Å². The number of hydrogen-bond donors (Lipinski definition) is 0. The Hall–Kier alpha value is 1.85. The summed E-state index contributed by atoms with van der Waals surface area (Å²) in [6.45, 7) is 0. The van der Waals surface area contributed by atoms with Crippen molar-refractivity contribution in [2.24, 2.45) is 0 Å². The van der Waals surface area contributed by atoms with Gasteiger partial charge in [-0.15, -0.1) is 12.4 Å². The van der Waals surface area contributed by atoms with Gasteiger partial charge < -0.3 is 5.48 Å². The van der Waals surface area contributed by atoms with Crippen LogP contribution in [0.5, 0.6) is 0 Å². The van der Waals surface area contributed by atoms with Crippen molar-refractivity contribution < 1.29 is 5.48 Å². The van der Waals surface area contributed by atoms with Crippen LogP contribution >= 0.6 is 12.4 Å². The standard InChI is InChI=1S/ClH.Li.Na.H2O.2H/h1H;;;1H2;;. The fourth-order valence-corrected chi connectivity index (χ4v) is 0. The molecule has 0 aliphatic heterocycles. The Bertz CT molecular complexity index is 8.00. The van der Waals surface area contributed by atoms with Gasteiger partial charge >= 0.3 is 48.4 Å². The molecule has 0 aromatic carbocycles. The molecule has 0 amide bonds. The second-order valence-electron chi connectivity index (χ2n) is 0. The normalized spacial score (nSPS) is 0. The van der Waals surface area contributed by atoms with Gasteiger partial charge in [-0.3, -0.25) is 0 Å². The van der Waals surface area contributed by atoms with E-state index in [9.17, 15) is 0 Å². The van der Waals surface area contributed by atoms with Crippen molar-refractivity contribution in [3.63, 3.8) is 0 Å². The average Bonchev–Trinajstić information content (AvgIpc) is 0. The summed E-state index contributed by atoms with van der Waals surface area (Å²) in [5, 5.41) is 0. The number of halogens is 1. The Morgan fingerprint density at radius 2 is 1.00 bits per heavy atom. The van der Waals surface area contributed by atoms with Crippen molar-refractivity contribution in [3.8, 4) is 0 Å². The molecular weight excluding hydrogens is 81.4 g/mol. The van der Waals surface area contributed by atoms with E-state index >= 15 is 0 Å². The van der Waals surface area contributed by atoms with Gasteiger partial charge in [0.05, 0.1) is 0 Å². The molecule has 0 atom stereocenters. The monoisotopic (exact) mass is 86.0 g/mol. The molecule has 0 unspecified atom stereocenters. The Balaban J connectivity index is 0. The molecule has 2 N–H and O–H groups in total. The van der Waals surface area contributed by atoms with E-state index in [2.05, 4.69) is 0 Å². The Morgan fingerprint density at radius 1 is 1.00 bits per heavy atom. The molecule has 0 spiro atoms. The topological polar surface area (TPSA) is 31.5 Å². The van der Waals surface area contributed by atoms with Gasteiger partial charge in [0, 0.05) is 0 Å². The average molecular weight is 86.4 g/mol. The van der Waals surface area contributed by atoms with Crippen LogP contribution in [0.15, 0.2) is 0 Å². The first-order valence-corrected chi connectivity index (χ1v) is 0. The molecule has 0 saturated carbocycles. The van der Waals surface area contributed by atoms with Gasteiger partial charge in [-0.1, -0.05) is 0 Å². The quantitative estimate of drug-likeness (QED) is 0.315. The van der Waals surface area contributed by atoms with E-state index < -0.39 is 0 Å². The molecule has 20 valence electrons. The zero-order valence-electron chi connectivity index (χ0n) is 0.908. The van der Waals surface area contributed by atoms with Crippen LogP contribution in [0.2, 0.25) is 0 Å². The van der Waals surface area contributed by atoms with Gasteiger partial charge in [-0.2, -0.15) is 0 Å². The second kappa shape index (κ2) is 21.0. The summed E-state index contributed by atoms with van der Waals surface area (Å²) < 4.78 is 0. The van der Waals surface area contributed by atoms with E-state index in [1.807, 2.05) is 0 Å². The van der Waals surface area contributed by atoms with Gasteiger partial charge in [0.2, 0.25) is 0 Å². The van der Waals surface area contributed by atoms with Crippen molar-refractivity contribution in [1.29, 1.82) is 0 Å². The van der Waals surface area contributed by atoms with Crippen molar-refractivity contribution in [1.82, 2.24) is 0 Å². The van der Waals surface area contributed by atoms with Crippen molar-refractivity contribution in [3.05, 3.63) is 0 Å². The summed E-state index contributed by atoms with van der Waals surface area (Å²) in [7, 11) is 0. The summed E-state index contributed by atoms with van der Waals surface area (Å²) in [6.07, 6.45) is 0. The van der Waals surface area contributed by atoms with Gasteiger partial charge in [0.15, 0.2) is 0 Å². The SMILES string of the molecule is Cl.O.[LiH].[NaH]. The zero-order chi connectivity index (χ0) is 0. The molecule has 0 radical (unpaired) electrons. The third-order valence-electron chi connectivity index (χ3n) is 0. The van der Waals surface area contributed by atoms with Crippen LogP contribution < -0.4 is 0 Å². The fourth-order valence-electron chi connectivity index (χ4n) is 0. The molecule has 0 aromatic heterocycles. The number of hydrogen-bond acceptors (Lipinski definition) is 0. The molecule has 0 aliphatic carbocycles. The van der Waals surface area contributed by atoms with Crippen LogP contribution in [0.25, 0.3) is 0 Å². The minimum atomic E-state index is 0. The maximum atomic E-state index is 0. The minimum absolute atomic E-state index is 0. The molecule has 0 heterocycles. The van der Waals surface area contributed by atoms with Crippen molar-refractivity contribution in [2.75, 3.05) is 0 Å². The Labute approximate surface area is 65.7 Å². The summed E-state index contributed by atoms with van der Waals surface area (Å²) in [6, 6.07) is 0. The number of rotatable bonds is 0. The molecule has 4 heavy (non-hydrogen) atoms. The summed E-state index contributed by atoms with van der Waals surface area (Å²) in [4.78, 5) is 0. The Morgan fingerprint density at radius 3 is 1.00 bits per heavy atom. The summed E-state index contributed by atoms with van der Waals surface area (Å²) >= 11 is 0. The van der Waals surface area contributed by atoms with Crippen molar-refractivity contribution in [2.45, 2.75) is 0 Å². The van der Waals surface area contributed by atoms with Crippen LogP contribution in [0.4, 0.5) is 0 Å². The van der Waals surface area contributed by atoms with Crippen LogP contribution in [0.1, 0.15) is 0 Å². The first-order chi connectivity index (χ1) is 0. The van der Waals surface area contributed by atoms with E-state index in [1.165, 1.54) is 0 Å². The van der Waals surface area contributed by atoms with Gasteiger partial charge in [-0.25, -0.2) is 0 Å². The van der Waals surface area contributed by atoms with E-state index in [-0.39, 0.29) is 66.3 Å². The van der Waals surface area contributed by atoms with Crippen LogP contribution in [-0.4, -0.2) is 53.9 Å². The molecule has 0 aliphatic rings. The van der Waals surface area contributed by atoms with Gasteiger partial charge in [0.25, 0.3) is 0 Å². The van der Waals surface area contributed by atoms with Gasteiger partial charge in [0.1, 0.15) is 0 Å². The molecule has 0 aromatic rings. The fraction of sp³-hybridized carbons (Fsp3) is 0. The van der Waals surface area contributed by atoms with E-state index in [1.54, 1.807) is 0 Å². The zero-order valence-corrected chi connectivity index (χ0v) is 1.72. The van der Waals surface area contributed by atoms with Crippen LogP contribution in [0, 0.1) is 0 Å². The predicted octanol–water partition coefficient (Wildman–Crippen LogP) is -1.70. The molecule has 0 fully saturated rings. The molecule has 0 bridgehead atoms. The second-order valence-corrected chi connectivity index (χ2v) is 0. The Kier molecular flexibility index (Phi) is 212. The molecular formula is H5ClLiNaO. The van der Waals surface area contributed by atoms with E-state index in [0.29, 0.717) is 0 Å². The third kappa shape index (κ3) is 9.14. The molecule has 0 saturated heterocycles. The van der Waals surface area contributed by atoms with Crippen LogP contribution in [-0.2, 0) is 0 Å². The van der Waals surface area contributed by atoms with E-state index in [0.717, 1.165) is 0 Å². The van der Waals surface area contributed by atoms with Crippen LogP contribution in [0.3, 0.4) is 0 Å². The van der Waals surface area contributed by atoms with Crippen molar-refractivity contribution >= 4 is 60.8 Å². The molecule has 4 heteroatoms. The predicted molar refractivity (Wildman–Crippen MR) is 25.2 cm³/mol. The molecule has 0 rings (SSSR count). The van der Waals surface area contributed by atoms with Gasteiger partial charge in [-0.05, 0) is 0 Å². The summed E-state index contributed by atoms with van der Waals surface area (Å²) in [5.41, 5.74) is 0. The first kappa shape index (κ1) is 40.3. The maximum absolute atomic E-state index is 0. The first-order valence-electron chi connectivity index (χ1n) is 0. The molecule has 1 nitrogen and oxygen atoms in total.